The zero-order chi connectivity index (χ0) is 13.8. The third-order valence-electron chi connectivity index (χ3n) is 3.65. The fraction of sp³-hybridized carbons (Fsp3) is 0.538. The summed E-state index contributed by atoms with van der Waals surface area (Å²) in [5.74, 6) is 1.95. The minimum absolute atomic E-state index is 0.217. The fourth-order valence-corrected chi connectivity index (χ4v) is 2.58. The van der Waals surface area contributed by atoms with Crippen molar-refractivity contribution in [3.8, 4) is 5.95 Å². The van der Waals surface area contributed by atoms with Crippen LogP contribution in [0.25, 0.3) is 5.95 Å². The highest BCUT2D eigenvalue weighted by atomic mass is 15.3. The number of anilines is 2. The first kappa shape index (κ1) is 12.8. The molecule has 7 nitrogen and oxygen atoms in total. The number of nitrogens with zero attached hydrogens (tertiary/aromatic N) is 5. The van der Waals surface area contributed by atoms with Crippen molar-refractivity contribution in [2.45, 2.75) is 32.1 Å². The van der Waals surface area contributed by atoms with Crippen molar-refractivity contribution in [1.82, 2.24) is 24.5 Å². The van der Waals surface area contributed by atoms with Gasteiger partial charge in [-0.1, -0.05) is 19.3 Å². The predicted molar refractivity (Wildman–Crippen MR) is 76.4 cm³/mol. The summed E-state index contributed by atoms with van der Waals surface area (Å²) in [5, 5.41) is 3.28. The predicted octanol–water partition coefficient (Wildman–Crippen LogP) is 1.63. The third-order valence-corrected chi connectivity index (χ3v) is 3.65. The number of nitrogens with one attached hydrogen (secondary N) is 1. The quantitative estimate of drug-likeness (QED) is 0.879. The van der Waals surface area contributed by atoms with Gasteiger partial charge in [0.2, 0.25) is 17.8 Å². The molecule has 2 heterocycles. The van der Waals surface area contributed by atoms with Gasteiger partial charge in [0.05, 0.1) is 0 Å². The van der Waals surface area contributed by atoms with Gasteiger partial charge in [-0.3, -0.25) is 4.57 Å². The van der Waals surface area contributed by atoms with Gasteiger partial charge in [0, 0.05) is 18.9 Å². The first-order valence-electron chi connectivity index (χ1n) is 7.05. The lowest BCUT2D eigenvalue weighted by atomic mass is 9.89. The molecule has 1 aliphatic carbocycles. The second-order valence-corrected chi connectivity index (χ2v) is 5.17. The Kier molecular flexibility index (Phi) is 3.76. The van der Waals surface area contributed by atoms with Crippen LogP contribution in [0.5, 0.6) is 0 Å². The van der Waals surface area contributed by atoms with Crippen LogP contribution >= 0.6 is 0 Å². The molecule has 0 spiro atoms. The summed E-state index contributed by atoms with van der Waals surface area (Å²) in [5.41, 5.74) is 5.74. The number of imidazole rings is 1. The number of aromatic nitrogens is 5. The van der Waals surface area contributed by atoms with Gasteiger partial charge in [0.25, 0.3) is 0 Å². The van der Waals surface area contributed by atoms with E-state index in [9.17, 15) is 0 Å². The highest BCUT2D eigenvalue weighted by Gasteiger charge is 2.14. The zero-order valence-electron chi connectivity index (χ0n) is 11.4. The van der Waals surface area contributed by atoms with Crippen LogP contribution in [0.3, 0.4) is 0 Å². The molecule has 0 bridgehead atoms. The molecule has 7 heteroatoms. The van der Waals surface area contributed by atoms with Gasteiger partial charge in [-0.05, 0) is 18.8 Å². The van der Waals surface area contributed by atoms with Gasteiger partial charge in [-0.2, -0.15) is 15.0 Å². The molecule has 0 atom stereocenters. The van der Waals surface area contributed by atoms with Crippen molar-refractivity contribution in [1.29, 1.82) is 0 Å². The maximum absolute atomic E-state index is 5.74. The molecule has 3 N–H and O–H groups in total. The topological polar surface area (TPSA) is 94.5 Å². The summed E-state index contributed by atoms with van der Waals surface area (Å²) >= 11 is 0. The van der Waals surface area contributed by atoms with Crippen molar-refractivity contribution in [3.63, 3.8) is 0 Å². The molecule has 0 radical (unpaired) electrons. The van der Waals surface area contributed by atoms with E-state index in [-0.39, 0.29) is 5.95 Å². The number of rotatable bonds is 4. The van der Waals surface area contributed by atoms with Gasteiger partial charge in [-0.25, -0.2) is 4.98 Å². The highest BCUT2D eigenvalue weighted by Crippen LogP contribution is 2.23. The van der Waals surface area contributed by atoms with Gasteiger partial charge >= 0.3 is 0 Å². The van der Waals surface area contributed by atoms with Crippen molar-refractivity contribution in [2.75, 3.05) is 17.6 Å². The standard InChI is InChI=1S/C13H19N7/c14-11-17-12(16-8-10-4-2-1-3-5-10)19-13(18-11)20-7-6-15-9-20/h6-7,9-10H,1-5,8H2,(H3,14,16,17,18,19). The monoisotopic (exact) mass is 273 g/mol. The minimum atomic E-state index is 0.217. The summed E-state index contributed by atoms with van der Waals surface area (Å²) in [6, 6.07) is 0. The molecule has 106 valence electrons. The molecule has 1 aliphatic rings. The van der Waals surface area contributed by atoms with Crippen molar-refractivity contribution in [3.05, 3.63) is 18.7 Å². The Morgan fingerprint density at radius 2 is 2.05 bits per heavy atom. The molecule has 20 heavy (non-hydrogen) atoms. The van der Waals surface area contributed by atoms with E-state index < -0.39 is 0 Å². The van der Waals surface area contributed by atoms with Gasteiger partial charge in [-0.15, -0.1) is 0 Å². The highest BCUT2D eigenvalue weighted by molar-refractivity contribution is 5.35. The normalized spacial score (nSPS) is 16.2. The van der Waals surface area contributed by atoms with Crippen LogP contribution in [0.15, 0.2) is 18.7 Å². The number of nitrogens with two attached hydrogens (primary N) is 1. The third kappa shape index (κ3) is 3.04. The van der Waals surface area contributed by atoms with Crippen LogP contribution in [0, 0.1) is 5.92 Å². The lowest BCUT2D eigenvalue weighted by Gasteiger charge is -2.21. The molecular formula is C13H19N7. The van der Waals surface area contributed by atoms with Crippen molar-refractivity contribution in [2.24, 2.45) is 5.92 Å². The van der Waals surface area contributed by atoms with Crippen LogP contribution in [-0.2, 0) is 0 Å². The minimum Gasteiger partial charge on any atom is -0.368 e. The Labute approximate surface area is 117 Å². The molecular weight excluding hydrogens is 254 g/mol. The molecule has 2 aromatic rings. The Morgan fingerprint density at radius 3 is 2.80 bits per heavy atom. The van der Waals surface area contributed by atoms with Crippen LogP contribution in [0.4, 0.5) is 11.9 Å². The lowest BCUT2D eigenvalue weighted by Crippen LogP contribution is -2.19. The maximum Gasteiger partial charge on any atom is 0.241 e. The first-order chi connectivity index (χ1) is 9.81. The molecule has 1 fully saturated rings. The van der Waals surface area contributed by atoms with E-state index >= 15 is 0 Å². The molecule has 3 rings (SSSR count). The van der Waals surface area contributed by atoms with E-state index in [0.29, 0.717) is 17.8 Å². The van der Waals surface area contributed by atoms with E-state index in [4.69, 9.17) is 5.73 Å². The lowest BCUT2D eigenvalue weighted by molar-refractivity contribution is 0.373. The molecule has 1 saturated carbocycles. The molecule has 0 aliphatic heterocycles. The number of hydrogen-bond donors (Lipinski definition) is 2. The Morgan fingerprint density at radius 1 is 1.20 bits per heavy atom. The summed E-state index contributed by atoms with van der Waals surface area (Å²) < 4.78 is 1.71. The SMILES string of the molecule is Nc1nc(NCC2CCCCC2)nc(-n2ccnc2)n1. The average Bonchev–Trinajstić information content (AvgIpc) is 3.00. The molecule has 0 aromatic carbocycles. The largest absolute Gasteiger partial charge is 0.368 e. The number of hydrogen-bond acceptors (Lipinski definition) is 6. The summed E-state index contributed by atoms with van der Waals surface area (Å²) in [6.07, 6.45) is 11.7. The van der Waals surface area contributed by atoms with Crippen molar-refractivity contribution >= 4 is 11.9 Å². The Bertz CT molecular complexity index is 546. The van der Waals surface area contributed by atoms with Gasteiger partial charge in [0.1, 0.15) is 6.33 Å². The van der Waals surface area contributed by atoms with Crippen LogP contribution < -0.4 is 11.1 Å². The molecule has 0 amide bonds. The Balaban J connectivity index is 1.69. The van der Waals surface area contributed by atoms with Crippen LogP contribution in [0.2, 0.25) is 0 Å². The summed E-state index contributed by atoms with van der Waals surface area (Å²) in [6.45, 7) is 0.896. The fourth-order valence-electron chi connectivity index (χ4n) is 2.58. The second kappa shape index (κ2) is 5.85. The zero-order valence-corrected chi connectivity index (χ0v) is 11.4. The van der Waals surface area contributed by atoms with E-state index in [1.54, 1.807) is 23.3 Å². The van der Waals surface area contributed by atoms with Gasteiger partial charge < -0.3 is 11.1 Å². The van der Waals surface area contributed by atoms with E-state index in [1.165, 1.54) is 32.1 Å². The van der Waals surface area contributed by atoms with Crippen molar-refractivity contribution < 1.29 is 0 Å². The smallest absolute Gasteiger partial charge is 0.241 e. The molecule has 0 saturated heterocycles. The first-order valence-corrected chi connectivity index (χ1v) is 7.05. The van der Waals surface area contributed by atoms with E-state index in [0.717, 1.165) is 6.54 Å². The summed E-state index contributed by atoms with van der Waals surface area (Å²) in [7, 11) is 0. The number of nitrogen functional groups attached to an aromatic ring is 1. The summed E-state index contributed by atoms with van der Waals surface area (Å²) in [4.78, 5) is 16.6. The van der Waals surface area contributed by atoms with Gasteiger partial charge in [0.15, 0.2) is 0 Å². The average molecular weight is 273 g/mol. The Hall–Kier alpha value is -2.18. The second-order valence-electron chi connectivity index (χ2n) is 5.17. The van der Waals surface area contributed by atoms with E-state index in [2.05, 4.69) is 25.3 Å². The maximum atomic E-state index is 5.74. The van der Waals surface area contributed by atoms with Crippen LogP contribution in [-0.4, -0.2) is 31.0 Å². The molecule has 0 unspecified atom stereocenters. The van der Waals surface area contributed by atoms with E-state index in [1.807, 2.05) is 0 Å². The molecule has 2 aromatic heterocycles. The van der Waals surface area contributed by atoms with Crippen LogP contribution in [0.1, 0.15) is 32.1 Å².